The van der Waals surface area contributed by atoms with Gasteiger partial charge in [0.2, 0.25) is 0 Å². The zero-order chi connectivity index (χ0) is 16.9. The minimum absolute atomic E-state index is 0.315. The van der Waals surface area contributed by atoms with Crippen molar-refractivity contribution < 1.29 is 29.0 Å². The topological polar surface area (TPSA) is 61.6 Å². The van der Waals surface area contributed by atoms with E-state index in [9.17, 15) is 5.11 Å². The number of rotatable bonds is 13. The zero-order valence-corrected chi connectivity index (χ0v) is 14.4. The van der Waals surface area contributed by atoms with Gasteiger partial charge in [-0.15, -0.1) is 0 Å². The summed E-state index contributed by atoms with van der Waals surface area (Å²) in [5, 5.41) is 10.1. The lowest BCUT2D eigenvalue weighted by atomic mass is 10.2. The van der Waals surface area contributed by atoms with Gasteiger partial charge >= 0.3 is 0 Å². The molecule has 1 aromatic carbocycles. The molecule has 0 heterocycles. The van der Waals surface area contributed by atoms with Crippen molar-refractivity contribution in [2.24, 2.45) is 0 Å². The molecule has 0 bridgehead atoms. The molecule has 0 saturated carbocycles. The summed E-state index contributed by atoms with van der Waals surface area (Å²) in [6, 6.07) is 7.72. The molecule has 0 spiro atoms. The number of ether oxygens (including phenoxy) is 4. The largest absolute Gasteiger partial charge is 0.497 e. The molecule has 0 aliphatic carbocycles. The number of quaternary nitrogens is 1. The van der Waals surface area contributed by atoms with E-state index in [-0.39, 0.29) is 0 Å². The predicted molar refractivity (Wildman–Crippen MR) is 88.0 cm³/mol. The highest BCUT2D eigenvalue weighted by Gasteiger charge is 2.15. The number of hydrogen-bond donors (Lipinski definition) is 2. The lowest BCUT2D eigenvalue weighted by Crippen LogP contribution is -3.14. The highest BCUT2D eigenvalue weighted by atomic mass is 16.5. The van der Waals surface area contributed by atoms with E-state index in [1.54, 1.807) is 21.3 Å². The number of benzene rings is 1. The summed E-state index contributed by atoms with van der Waals surface area (Å²) in [4.78, 5) is 1.24. The monoisotopic (exact) mass is 328 g/mol. The quantitative estimate of drug-likeness (QED) is 0.523. The summed E-state index contributed by atoms with van der Waals surface area (Å²) in [6.45, 7) is 4.43. The molecule has 132 valence electrons. The Morgan fingerprint density at radius 1 is 1.00 bits per heavy atom. The van der Waals surface area contributed by atoms with Gasteiger partial charge in [-0.2, -0.15) is 0 Å². The van der Waals surface area contributed by atoms with Crippen LogP contribution in [0.2, 0.25) is 0 Å². The molecule has 0 amide bonds. The van der Waals surface area contributed by atoms with Gasteiger partial charge < -0.3 is 29.0 Å². The van der Waals surface area contributed by atoms with Gasteiger partial charge in [0.05, 0.1) is 33.5 Å². The lowest BCUT2D eigenvalue weighted by Gasteiger charge is -2.21. The molecule has 1 atom stereocenters. The van der Waals surface area contributed by atoms with Crippen LogP contribution in [0, 0.1) is 0 Å². The predicted octanol–water partition coefficient (Wildman–Crippen LogP) is -0.250. The number of methoxy groups -OCH3 is 3. The fourth-order valence-electron chi connectivity index (χ4n) is 2.25. The highest BCUT2D eigenvalue weighted by molar-refractivity contribution is 5.26. The van der Waals surface area contributed by atoms with Crippen molar-refractivity contribution in [1.29, 1.82) is 0 Å². The number of aliphatic hydroxyl groups excluding tert-OH is 1. The summed E-state index contributed by atoms with van der Waals surface area (Å²) in [5.74, 6) is 0.823. The highest BCUT2D eigenvalue weighted by Crippen LogP contribution is 2.11. The van der Waals surface area contributed by atoms with Gasteiger partial charge in [-0.05, 0) is 17.7 Å². The average Bonchev–Trinajstić information content (AvgIpc) is 2.58. The van der Waals surface area contributed by atoms with Gasteiger partial charge in [-0.3, -0.25) is 0 Å². The molecule has 6 nitrogen and oxygen atoms in total. The first-order valence-electron chi connectivity index (χ1n) is 7.89. The van der Waals surface area contributed by atoms with Crippen LogP contribution in [0.25, 0.3) is 0 Å². The first-order chi connectivity index (χ1) is 11.2. The van der Waals surface area contributed by atoms with Crippen molar-refractivity contribution in [2.75, 3.05) is 60.8 Å². The minimum atomic E-state index is -0.503. The minimum Gasteiger partial charge on any atom is -0.497 e. The molecule has 0 radical (unpaired) electrons. The van der Waals surface area contributed by atoms with Crippen LogP contribution in [0.4, 0.5) is 0 Å². The van der Waals surface area contributed by atoms with E-state index in [0.717, 1.165) is 24.4 Å². The maximum atomic E-state index is 10.1. The maximum absolute atomic E-state index is 10.1. The Morgan fingerprint density at radius 2 is 1.61 bits per heavy atom. The van der Waals surface area contributed by atoms with Crippen LogP contribution < -0.4 is 9.64 Å². The summed E-state index contributed by atoms with van der Waals surface area (Å²) in [7, 11) is 5.01. The molecule has 0 aliphatic heterocycles. The van der Waals surface area contributed by atoms with Crippen molar-refractivity contribution in [2.45, 2.75) is 12.7 Å². The zero-order valence-electron chi connectivity index (χ0n) is 14.4. The smallest absolute Gasteiger partial charge is 0.126 e. The Morgan fingerprint density at radius 3 is 2.13 bits per heavy atom. The molecule has 1 aromatic rings. The summed E-state index contributed by atoms with van der Waals surface area (Å²) in [6.07, 6.45) is -0.503. The standard InChI is InChI=1S/C17H29NO5/c1-20-10-8-18(9-11-21-2)12-16(19)14-23-13-15-4-6-17(22-3)7-5-15/h4-7,16,19H,8-14H2,1-3H3/p+1/t16-/m0/s1. The van der Waals surface area contributed by atoms with Crippen LogP contribution in [0.5, 0.6) is 5.75 Å². The Hall–Kier alpha value is -1.18. The molecule has 23 heavy (non-hydrogen) atoms. The van der Waals surface area contributed by atoms with Crippen LogP contribution in [0.1, 0.15) is 5.56 Å². The van der Waals surface area contributed by atoms with Crippen LogP contribution in [0.15, 0.2) is 24.3 Å². The number of hydrogen-bond acceptors (Lipinski definition) is 5. The van der Waals surface area contributed by atoms with E-state index in [2.05, 4.69) is 0 Å². The number of nitrogens with one attached hydrogen (secondary N) is 1. The molecular weight excluding hydrogens is 298 g/mol. The Labute approximate surface area is 138 Å². The fourth-order valence-corrected chi connectivity index (χ4v) is 2.25. The van der Waals surface area contributed by atoms with Gasteiger partial charge in [-0.25, -0.2) is 0 Å². The van der Waals surface area contributed by atoms with E-state index in [1.165, 1.54) is 4.90 Å². The van der Waals surface area contributed by atoms with Gasteiger partial charge in [0, 0.05) is 14.2 Å². The van der Waals surface area contributed by atoms with E-state index in [4.69, 9.17) is 18.9 Å². The molecule has 0 fully saturated rings. The van der Waals surface area contributed by atoms with Gasteiger partial charge in [-0.1, -0.05) is 12.1 Å². The summed E-state index contributed by atoms with van der Waals surface area (Å²) < 4.78 is 20.9. The van der Waals surface area contributed by atoms with Crippen LogP contribution in [-0.2, 0) is 20.8 Å². The first-order valence-corrected chi connectivity index (χ1v) is 7.89. The second-order valence-electron chi connectivity index (χ2n) is 5.46. The third-order valence-corrected chi connectivity index (χ3v) is 3.58. The van der Waals surface area contributed by atoms with Crippen LogP contribution in [-0.4, -0.2) is 72.0 Å². The molecule has 0 saturated heterocycles. The van der Waals surface area contributed by atoms with Crippen molar-refractivity contribution in [3.63, 3.8) is 0 Å². The molecule has 0 aliphatic rings. The molecule has 1 rings (SSSR count). The van der Waals surface area contributed by atoms with E-state index >= 15 is 0 Å². The van der Waals surface area contributed by atoms with Gasteiger partial charge in [0.1, 0.15) is 31.5 Å². The van der Waals surface area contributed by atoms with E-state index in [0.29, 0.717) is 33.0 Å². The fraction of sp³-hybridized carbons (Fsp3) is 0.647. The Kier molecular flexibility index (Phi) is 10.6. The molecule has 6 heteroatoms. The Balaban J connectivity index is 2.28. The lowest BCUT2D eigenvalue weighted by molar-refractivity contribution is -0.904. The van der Waals surface area contributed by atoms with E-state index < -0.39 is 6.10 Å². The molecule has 0 aromatic heterocycles. The van der Waals surface area contributed by atoms with Crippen LogP contribution in [0.3, 0.4) is 0 Å². The average molecular weight is 328 g/mol. The third-order valence-electron chi connectivity index (χ3n) is 3.58. The SMILES string of the molecule is COCC[NH+](CCOC)C[C@H](O)COCc1ccc(OC)cc1. The summed E-state index contributed by atoms with van der Waals surface area (Å²) in [5.41, 5.74) is 1.06. The number of aliphatic hydroxyl groups is 1. The van der Waals surface area contributed by atoms with Crippen molar-refractivity contribution >= 4 is 0 Å². The molecular formula is C17H30NO5+. The summed E-state index contributed by atoms with van der Waals surface area (Å²) >= 11 is 0. The second kappa shape index (κ2) is 12.3. The van der Waals surface area contributed by atoms with Gasteiger partial charge in [0.25, 0.3) is 0 Å². The maximum Gasteiger partial charge on any atom is 0.126 e. The first kappa shape index (κ1) is 19.9. The second-order valence-corrected chi connectivity index (χ2v) is 5.46. The van der Waals surface area contributed by atoms with Gasteiger partial charge in [0.15, 0.2) is 0 Å². The normalized spacial score (nSPS) is 12.6. The van der Waals surface area contributed by atoms with E-state index in [1.807, 2.05) is 24.3 Å². The molecule has 0 unspecified atom stereocenters. The van der Waals surface area contributed by atoms with Crippen molar-refractivity contribution in [1.82, 2.24) is 0 Å². The molecule has 2 N–H and O–H groups in total. The van der Waals surface area contributed by atoms with Crippen molar-refractivity contribution in [3.8, 4) is 5.75 Å². The Bertz CT molecular complexity index is 390. The third kappa shape index (κ3) is 8.88. The van der Waals surface area contributed by atoms with Crippen LogP contribution >= 0.6 is 0 Å². The van der Waals surface area contributed by atoms with Crippen molar-refractivity contribution in [3.05, 3.63) is 29.8 Å².